The summed E-state index contributed by atoms with van der Waals surface area (Å²) < 4.78 is 16.2. The molecule has 1 amide bonds. The number of aromatic nitrogens is 2. The maximum atomic E-state index is 14.8. The van der Waals surface area contributed by atoms with E-state index in [0.717, 1.165) is 11.1 Å². The normalized spacial score (nSPS) is 10.8. The quantitative estimate of drug-likeness (QED) is 0.309. The van der Waals surface area contributed by atoms with Crippen molar-refractivity contribution in [2.24, 2.45) is 0 Å². The lowest BCUT2D eigenvalue weighted by Gasteiger charge is -2.08. The van der Waals surface area contributed by atoms with Crippen LogP contribution in [0.2, 0.25) is 0 Å². The fourth-order valence-corrected chi connectivity index (χ4v) is 4.22. The van der Waals surface area contributed by atoms with E-state index >= 15 is 0 Å². The van der Waals surface area contributed by atoms with Crippen LogP contribution in [0.1, 0.15) is 11.1 Å². The molecule has 6 heteroatoms. The number of carbonyl (C=O) groups is 1. The molecule has 0 atom stereocenters. The first-order chi connectivity index (χ1) is 17.5. The van der Waals surface area contributed by atoms with Crippen LogP contribution < -0.4 is 10.9 Å². The number of halogens is 1. The zero-order valence-electron chi connectivity index (χ0n) is 19.7. The molecule has 2 N–H and O–H groups in total. The third-order valence-electron chi connectivity index (χ3n) is 5.96. The number of aromatic amines is 1. The maximum absolute atomic E-state index is 14.8. The Morgan fingerprint density at radius 3 is 2.33 bits per heavy atom. The number of hydrogen-bond acceptors (Lipinski definition) is 2. The molecule has 0 aliphatic carbocycles. The van der Waals surface area contributed by atoms with Gasteiger partial charge in [0.1, 0.15) is 5.82 Å². The van der Waals surface area contributed by atoms with E-state index in [1.54, 1.807) is 42.5 Å². The summed E-state index contributed by atoms with van der Waals surface area (Å²) in [6.07, 6.45) is 0.263. The standard InChI is InChI=1S/C30H24FN3O2/c1-20-8-7-11-24(18-20)34-30(36)28(29(33-34)25-12-5-6-13-26(25)31)22-14-16-23(17-15-22)32-27(35)19-21-9-3-2-4-10-21/h2-18,33H,19H2,1H3,(H,32,35). The number of anilines is 1. The highest BCUT2D eigenvalue weighted by Gasteiger charge is 2.20. The van der Waals surface area contributed by atoms with Crippen LogP contribution >= 0.6 is 0 Å². The van der Waals surface area contributed by atoms with Crippen LogP contribution in [0.25, 0.3) is 28.1 Å². The summed E-state index contributed by atoms with van der Waals surface area (Å²) in [6, 6.07) is 30.4. The van der Waals surface area contributed by atoms with Crippen molar-refractivity contribution in [1.29, 1.82) is 0 Å². The summed E-state index contributed by atoms with van der Waals surface area (Å²) in [5.41, 5.74) is 4.56. The fourth-order valence-electron chi connectivity index (χ4n) is 4.22. The monoisotopic (exact) mass is 477 g/mol. The summed E-state index contributed by atoms with van der Waals surface area (Å²) in [5, 5.41) is 6.00. The third-order valence-corrected chi connectivity index (χ3v) is 5.96. The van der Waals surface area contributed by atoms with Crippen LogP contribution in [0.5, 0.6) is 0 Å². The Labute approximate surface area is 207 Å². The molecule has 0 fully saturated rings. The van der Waals surface area contributed by atoms with E-state index in [0.29, 0.717) is 33.8 Å². The maximum Gasteiger partial charge on any atom is 0.279 e. The number of amides is 1. The Hall–Kier alpha value is -4.71. The average molecular weight is 478 g/mol. The number of carbonyl (C=O) groups excluding carboxylic acids is 1. The molecule has 0 aliphatic heterocycles. The number of benzene rings is 4. The predicted molar refractivity (Wildman–Crippen MR) is 141 cm³/mol. The first-order valence-corrected chi connectivity index (χ1v) is 11.6. The second-order valence-electron chi connectivity index (χ2n) is 8.61. The van der Waals surface area contributed by atoms with Crippen molar-refractivity contribution in [3.63, 3.8) is 0 Å². The van der Waals surface area contributed by atoms with Gasteiger partial charge in [-0.1, -0.05) is 66.7 Å². The molecule has 1 heterocycles. The Morgan fingerprint density at radius 2 is 1.61 bits per heavy atom. The van der Waals surface area contributed by atoms with Crippen molar-refractivity contribution in [2.45, 2.75) is 13.3 Å². The van der Waals surface area contributed by atoms with E-state index in [1.165, 1.54) is 10.7 Å². The van der Waals surface area contributed by atoms with Gasteiger partial charge in [-0.2, -0.15) is 0 Å². The van der Waals surface area contributed by atoms with Crippen molar-refractivity contribution in [2.75, 3.05) is 5.32 Å². The van der Waals surface area contributed by atoms with Gasteiger partial charge in [-0.25, -0.2) is 9.07 Å². The molecule has 5 rings (SSSR count). The number of aryl methyl sites for hydroxylation is 1. The number of hydrogen-bond donors (Lipinski definition) is 2. The summed E-state index contributed by atoms with van der Waals surface area (Å²) >= 11 is 0. The average Bonchev–Trinajstić information content (AvgIpc) is 3.22. The van der Waals surface area contributed by atoms with Gasteiger partial charge in [-0.15, -0.1) is 0 Å². The van der Waals surface area contributed by atoms with Gasteiger partial charge in [-0.05, 0) is 60.0 Å². The SMILES string of the molecule is Cc1cccc(-n2[nH]c(-c3ccccc3F)c(-c3ccc(NC(=O)Cc4ccccc4)cc3)c2=O)c1. The van der Waals surface area contributed by atoms with E-state index in [1.807, 2.05) is 61.5 Å². The highest BCUT2D eigenvalue weighted by Crippen LogP contribution is 2.31. The fraction of sp³-hybridized carbons (Fsp3) is 0.0667. The van der Waals surface area contributed by atoms with Gasteiger partial charge in [0.15, 0.2) is 0 Å². The number of nitrogens with one attached hydrogen (secondary N) is 2. The zero-order valence-corrected chi connectivity index (χ0v) is 19.7. The van der Waals surface area contributed by atoms with Crippen LogP contribution in [0.3, 0.4) is 0 Å². The van der Waals surface area contributed by atoms with Gasteiger partial charge in [0.05, 0.1) is 23.4 Å². The molecule has 0 spiro atoms. The second kappa shape index (κ2) is 9.88. The zero-order chi connectivity index (χ0) is 25.1. The minimum Gasteiger partial charge on any atom is -0.326 e. The lowest BCUT2D eigenvalue weighted by molar-refractivity contribution is -0.115. The van der Waals surface area contributed by atoms with Crippen LogP contribution in [0.4, 0.5) is 10.1 Å². The molecule has 4 aromatic carbocycles. The summed E-state index contributed by atoms with van der Waals surface area (Å²) in [5.74, 6) is -0.564. The highest BCUT2D eigenvalue weighted by atomic mass is 19.1. The molecule has 178 valence electrons. The number of rotatable bonds is 6. The van der Waals surface area contributed by atoms with Gasteiger partial charge < -0.3 is 5.32 Å². The van der Waals surface area contributed by atoms with Gasteiger partial charge in [0.2, 0.25) is 5.91 Å². The second-order valence-corrected chi connectivity index (χ2v) is 8.61. The molecule has 0 aliphatic rings. The summed E-state index contributed by atoms with van der Waals surface area (Å²) in [6.45, 7) is 1.95. The molecule has 0 bridgehead atoms. The summed E-state index contributed by atoms with van der Waals surface area (Å²) in [4.78, 5) is 26.0. The van der Waals surface area contributed by atoms with Gasteiger partial charge in [0, 0.05) is 11.3 Å². The van der Waals surface area contributed by atoms with Crippen LogP contribution in [0.15, 0.2) is 108 Å². The topological polar surface area (TPSA) is 66.9 Å². The highest BCUT2D eigenvalue weighted by molar-refractivity contribution is 5.92. The van der Waals surface area contributed by atoms with Crippen LogP contribution in [-0.2, 0) is 11.2 Å². The lowest BCUT2D eigenvalue weighted by atomic mass is 10.0. The van der Waals surface area contributed by atoms with Crippen molar-refractivity contribution in [3.05, 3.63) is 130 Å². The molecule has 0 radical (unpaired) electrons. The molecule has 1 aromatic heterocycles. The Morgan fingerprint density at radius 1 is 0.889 bits per heavy atom. The lowest BCUT2D eigenvalue weighted by Crippen LogP contribution is -2.16. The van der Waals surface area contributed by atoms with Crippen molar-refractivity contribution < 1.29 is 9.18 Å². The predicted octanol–water partition coefficient (Wildman–Crippen LogP) is 6.13. The molecular weight excluding hydrogens is 453 g/mol. The van der Waals surface area contributed by atoms with E-state index < -0.39 is 5.82 Å². The first kappa shape index (κ1) is 23.1. The van der Waals surface area contributed by atoms with E-state index in [4.69, 9.17) is 0 Å². The number of nitrogens with zero attached hydrogens (tertiary/aromatic N) is 1. The molecule has 0 saturated heterocycles. The Balaban J connectivity index is 1.51. The van der Waals surface area contributed by atoms with E-state index in [9.17, 15) is 14.0 Å². The number of H-pyrrole nitrogens is 1. The van der Waals surface area contributed by atoms with Crippen molar-refractivity contribution in [3.8, 4) is 28.1 Å². The minimum atomic E-state index is -0.429. The van der Waals surface area contributed by atoms with Gasteiger partial charge in [0.25, 0.3) is 5.56 Å². The largest absolute Gasteiger partial charge is 0.326 e. The Bertz CT molecular complexity index is 1590. The van der Waals surface area contributed by atoms with Crippen LogP contribution in [-0.4, -0.2) is 15.7 Å². The minimum absolute atomic E-state index is 0.135. The molecule has 0 saturated carbocycles. The van der Waals surface area contributed by atoms with Crippen molar-refractivity contribution in [1.82, 2.24) is 9.78 Å². The van der Waals surface area contributed by atoms with Crippen LogP contribution in [0, 0.1) is 12.7 Å². The van der Waals surface area contributed by atoms with Crippen molar-refractivity contribution >= 4 is 11.6 Å². The molecule has 5 aromatic rings. The van der Waals surface area contributed by atoms with E-state index in [-0.39, 0.29) is 17.9 Å². The molecular formula is C30H24FN3O2. The summed E-state index contributed by atoms with van der Waals surface area (Å²) in [7, 11) is 0. The van der Waals surface area contributed by atoms with Gasteiger partial charge in [-0.3, -0.25) is 14.7 Å². The smallest absolute Gasteiger partial charge is 0.279 e. The molecule has 36 heavy (non-hydrogen) atoms. The third kappa shape index (κ3) is 4.74. The first-order valence-electron chi connectivity index (χ1n) is 11.6. The Kier molecular flexibility index (Phi) is 6.33. The van der Waals surface area contributed by atoms with Gasteiger partial charge >= 0.3 is 0 Å². The van der Waals surface area contributed by atoms with E-state index in [2.05, 4.69) is 10.4 Å². The molecule has 5 nitrogen and oxygen atoms in total. The molecule has 0 unspecified atom stereocenters.